The van der Waals surface area contributed by atoms with Gasteiger partial charge in [0.05, 0.1) is 16.6 Å². The van der Waals surface area contributed by atoms with Crippen LogP contribution in [-0.2, 0) is 4.74 Å². The van der Waals surface area contributed by atoms with E-state index in [1.807, 2.05) is 19.9 Å². The molecule has 1 aromatic heterocycles. The Morgan fingerprint density at radius 1 is 1.72 bits per heavy atom. The number of nitrogens with one attached hydrogen (secondary N) is 1. The lowest BCUT2D eigenvalue weighted by molar-refractivity contribution is -0.384. The van der Waals surface area contributed by atoms with E-state index in [0.717, 1.165) is 0 Å². The number of rotatable bonds is 6. The van der Waals surface area contributed by atoms with Gasteiger partial charge >= 0.3 is 5.69 Å². The monoisotopic (exact) mass is 250 g/mol. The Balaban J connectivity index is 2.82. The van der Waals surface area contributed by atoms with E-state index < -0.39 is 4.92 Å². The normalized spacial score (nSPS) is 11.6. The number of aromatic nitrogens is 1. The Labute approximate surface area is 105 Å². The van der Waals surface area contributed by atoms with Crippen molar-refractivity contribution in [1.82, 2.24) is 4.98 Å². The van der Waals surface area contributed by atoms with Gasteiger partial charge in [0.25, 0.3) is 0 Å². The molecule has 0 fully saturated rings. The predicted molar refractivity (Wildman–Crippen MR) is 65.2 cm³/mol. The molecule has 0 saturated carbocycles. The molecular weight excluding hydrogens is 236 g/mol. The maximum Gasteiger partial charge on any atom is 0.312 e. The van der Waals surface area contributed by atoms with Crippen molar-refractivity contribution in [3.63, 3.8) is 0 Å². The van der Waals surface area contributed by atoms with E-state index >= 15 is 0 Å². The third-order valence-corrected chi connectivity index (χ3v) is 2.20. The molecule has 1 atom stereocenters. The highest BCUT2D eigenvalue weighted by Crippen LogP contribution is 2.22. The maximum atomic E-state index is 10.8. The lowest BCUT2D eigenvalue weighted by Crippen LogP contribution is -2.20. The zero-order valence-corrected chi connectivity index (χ0v) is 10.2. The summed E-state index contributed by atoms with van der Waals surface area (Å²) in [6, 6.07) is 3.01. The summed E-state index contributed by atoms with van der Waals surface area (Å²) in [5.41, 5.74) is -0.0529. The number of hydrogen-bond donors (Lipinski definition) is 1. The number of anilines is 1. The second-order valence-electron chi connectivity index (χ2n) is 3.61. The van der Waals surface area contributed by atoms with Crippen molar-refractivity contribution in [2.45, 2.75) is 20.0 Å². The lowest BCUT2D eigenvalue weighted by atomic mass is 10.2. The average molecular weight is 250 g/mol. The summed E-state index contributed by atoms with van der Waals surface area (Å²) in [5, 5.41) is 22.4. The summed E-state index contributed by atoms with van der Waals surface area (Å²) in [5.74, 6) is 0.144. The molecule has 7 nitrogen and oxygen atoms in total. The van der Waals surface area contributed by atoms with Crippen LogP contribution in [0.5, 0.6) is 0 Å². The van der Waals surface area contributed by atoms with Crippen LogP contribution >= 0.6 is 0 Å². The lowest BCUT2D eigenvalue weighted by Gasteiger charge is -2.12. The molecule has 0 aliphatic heterocycles. The topological polar surface area (TPSA) is 101 Å². The fraction of sp³-hybridized carbons (Fsp3) is 0.455. The van der Waals surface area contributed by atoms with Crippen molar-refractivity contribution < 1.29 is 9.66 Å². The van der Waals surface area contributed by atoms with E-state index in [1.165, 1.54) is 12.3 Å². The van der Waals surface area contributed by atoms with Crippen molar-refractivity contribution in [1.29, 1.82) is 5.26 Å². The summed E-state index contributed by atoms with van der Waals surface area (Å²) < 4.78 is 5.30. The van der Waals surface area contributed by atoms with Crippen LogP contribution in [0.4, 0.5) is 11.5 Å². The Hall–Kier alpha value is -2.20. The quantitative estimate of drug-likeness (QED) is 0.609. The fourth-order valence-corrected chi connectivity index (χ4v) is 1.37. The van der Waals surface area contributed by atoms with Gasteiger partial charge in [0.1, 0.15) is 6.07 Å². The zero-order chi connectivity index (χ0) is 13.5. The molecule has 0 spiro atoms. The SMILES string of the molecule is CCOC(C)CNc1ncc(C#N)cc1[N+](=O)[O-]. The standard InChI is InChI=1S/C11H14N4O3/c1-3-18-8(2)6-13-11-10(15(16)17)4-9(5-12)7-14-11/h4,7-8H,3,6H2,1-2H3,(H,13,14). The second-order valence-corrected chi connectivity index (χ2v) is 3.61. The summed E-state index contributed by atoms with van der Waals surface area (Å²) in [6.45, 7) is 4.71. The fourth-order valence-electron chi connectivity index (χ4n) is 1.37. The van der Waals surface area contributed by atoms with Crippen molar-refractivity contribution in [3.8, 4) is 6.07 Å². The van der Waals surface area contributed by atoms with E-state index in [0.29, 0.717) is 13.2 Å². The summed E-state index contributed by atoms with van der Waals surface area (Å²) in [4.78, 5) is 14.1. The van der Waals surface area contributed by atoms with Crippen LogP contribution in [0.25, 0.3) is 0 Å². The van der Waals surface area contributed by atoms with Gasteiger partial charge in [-0.1, -0.05) is 0 Å². The average Bonchev–Trinajstić information content (AvgIpc) is 2.36. The predicted octanol–water partition coefficient (Wildman–Crippen LogP) is 1.70. The molecule has 0 radical (unpaired) electrons. The Bertz CT molecular complexity index is 470. The largest absolute Gasteiger partial charge is 0.377 e. The van der Waals surface area contributed by atoms with Gasteiger partial charge in [-0.2, -0.15) is 5.26 Å². The molecule has 0 bridgehead atoms. The van der Waals surface area contributed by atoms with Crippen LogP contribution < -0.4 is 5.32 Å². The van der Waals surface area contributed by atoms with E-state index in [2.05, 4.69) is 10.3 Å². The van der Waals surface area contributed by atoms with Gasteiger partial charge < -0.3 is 10.1 Å². The van der Waals surface area contributed by atoms with E-state index in [4.69, 9.17) is 10.00 Å². The minimum Gasteiger partial charge on any atom is -0.377 e. The molecule has 0 amide bonds. The van der Waals surface area contributed by atoms with Crippen LogP contribution in [0.2, 0.25) is 0 Å². The molecular formula is C11H14N4O3. The molecule has 0 aromatic carbocycles. The zero-order valence-electron chi connectivity index (χ0n) is 10.2. The number of nitro groups is 1. The molecule has 18 heavy (non-hydrogen) atoms. The molecule has 0 saturated heterocycles. The molecule has 1 unspecified atom stereocenters. The van der Waals surface area contributed by atoms with Crippen LogP contribution in [0, 0.1) is 21.4 Å². The van der Waals surface area contributed by atoms with Gasteiger partial charge in [-0.05, 0) is 13.8 Å². The first-order valence-corrected chi connectivity index (χ1v) is 5.48. The molecule has 1 N–H and O–H groups in total. The molecule has 0 aliphatic rings. The first kappa shape index (κ1) is 13.9. The van der Waals surface area contributed by atoms with Crippen molar-refractivity contribution in [3.05, 3.63) is 27.9 Å². The Kier molecular flexibility index (Phi) is 5.02. The molecule has 96 valence electrons. The van der Waals surface area contributed by atoms with Gasteiger partial charge in [-0.3, -0.25) is 10.1 Å². The summed E-state index contributed by atoms with van der Waals surface area (Å²) in [7, 11) is 0. The second kappa shape index (κ2) is 6.51. The van der Waals surface area contributed by atoms with E-state index in [1.54, 1.807) is 0 Å². The van der Waals surface area contributed by atoms with Crippen molar-refractivity contribution in [2.24, 2.45) is 0 Å². The summed E-state index contributed by atoms with van der Waals surface area (Å²) >= 11 is 0. The van der Waals surface area contributed by atoms with Crippen LogP contribution in [0.1, 0.15) is 19.4 Å². The highest BCUT2D eigenvalue weighted by Gasteiger charge is 2.16. The number of ether oxygens (including phenoxy) is 1. The van der Waals surface area contributed by atoms with Gasteiger partial charge in [0, 0.05) is 25.4 Å². The number of pyridine rings is 1. The maximum absolute atomic E-state index is 10.8. The first-order chi connectivity index (χ1) is 8.58. The molecule has 1 aromatic rings. The van der Waals surface area contributed by atoms with Crippen LogP contribution in [-0.4, -0.2) is 29.2 Å². The number of nitrogens with zero attached hydrogens (tertiary/aromatic N) is 3. The third-order valence-electron chi connectivity index (χ3n) is 2.20. The molecule has 0 aliphatic carbocycles. The van der Waals surface area contributed by atoms with E-state index in [9.17, 15) is 10.1 Å². The number of nitriles is 1. The van der Waals surface area contributed by atoms with Gasteiger partial charge in [0.15, 0.2) is 0 Å². The minimum atomic E-state index is -0.568. The summed E-state index contributed by atoms with van der Waals surface area (Å²) in [6.07, 6.45) is 1.22. The highest BCUT2D eigenvalue weighted by atomic mass is 16.6. The van der Waals surface area contributed by atoms with Gasteiger partial charge in [0.2, 0.25) is 5.82 Å². The van der Waals surface area contributed by atoms with Crippen LogP contribution in [0.3, 0.4) is 0 Å². The van der Waals surface area contributed by atoms with Crippen molar-refractivity contribution in [2.75, 3.05) is 18.5 Å². The van der Waals surface area contributed by atoms with Crippen LogP contribution in [0.15, 0.2) is 12.3 Å². The molecule has 1 heterocycles. The van der Waals surface area contributed by atoms with Gasteiger partial charge in [-0.25, -0.2) is 4.98 Å². The van der Waals surface area contributed by atoms with Crippen molar-refractivity contribution >= 4 is 11.5 Å². The van der Waals surface area contributed by atoms with E-state index in [-0.39, 0.29) is 23.2 Å². The molecule has 7 heteroatoms. The van der Waals surface area contributed by atoms with Gasteiger partial charge in [-0.15, -0.1) is 0 Å². The Morgan fingerprint density at radius 3 is 3.00 bits per heavy atom. The third kappa shape index (κ3) is 3.68. The molecule has 1 rings (SSSR count). The highest BCUT2D eigenvalue weighted by molar-refractivity contribution is 5.58. The minimum absolute atomic E-state index is 0.0768. The number of hydrogen-bond acceptors (Lipinski definition) is 6. The Morgan fingerprint density at radius 2 is 2.44 bits per heavy atom. The first-order valence-electron chi connectivity index (χ1n) is 5.48. The smallest absolute Gasteiger partial charge is 0.312 e.